The number of nitrogens with zero attached hydrogens (tertiary/aromatic N) is 5. The van der Waals surface area contributed by atoms with Crippen molar-refractivity contribution in [2.75, 3.05) is 45.2 Å². The first-order valence-electron chi connectivity index (χ1n) is 24.1. The first kappa shape index (κ1) is 53.0. The molecular weight excluding hydrogens is 921 g/mol. The van der Waals surface area contributed by atoms with Crippen LogP contribution in [0.3, 0.4) is 0 Å². The quantitative estimate of drug-likeness (QED) is 0.119. The highest BCUT2D eigenvalue weighted by molar-refractivity contribution is 7.87. The third kappa shape index (κ3) is 13.7. The SMILES string of the molecule is C=CCNC(=O)[C@@H]1CC/C=C\CCCCC[C@H](NC(=O)NC(CN2CCN(C(C)C)S2(=O)=O)C(C)(C)C)C(=O)N2C[C@H](Oc3cc(-c4csc(NC(C)C)n4)nc4cc(OC)ccc34)C[C@H]2C(=O)N1. The van der Waals surface area contributed by atoms with Gasteiger partial charge < -0.3 is 41.0 Å². The van der Waals surface area contributed by atoms with E-state index in [4.69, 9.17) is 19.4 Å². The van der Waals surface area contributed by atoms with Crippen LogP contribution in [-0.2, 0) is 24.6 Å². The number of hydrogen-bond acceptors (Lipinski definition) is 12. The van der Waals surface area contributed by atoms with Gasteiger partial charge in [0.05, 0.1) is 24.9 Å². The van der Waals surface area contributed by atoms with Crippen molar-refractivity contribution in [3.63, 3.8) is 0 Å². The molecular formula is C49H72N10O8S2. The predicted octanol–water partition coefficient (Wildman–Crippen LogP) is 5.98. The summed E-state index contributed by atoms with van der Waals surface area (Å²) in [7, 11) is -2.16. The van der Waals surface area contributed by atoms with Crippen molar-refractivity contribution < 1.29 is 37.1 Å². The van der Waals surface area contributed by atoms with Crippen LogP contribution >= 0.6 is 11.3 Å². The van der Waals surface area contributed by atoms with Crippen LogP contribution in [0.15, 0.2) is 54.5 Å². The highest BCUT2D eigenvalue weighted by Crippen LogP contribution is 2.36. The fourth-order valence-electron chi connectivity index (χ4n) is 8.76. The summed E-state index contributed by atoms with van der Waals surface area (Å²) < 4.78 is 42.2. The number of pyridine rings is 1. The molecule has 5 atom stereocenters. The lowest BCUT2D eigenvalue weighted by Gasteiger charge is -2.35. The number of thiazole rings is 1. The van der Waals surface area contributed by atoms with Crippen LogP contribution in [0.4, 0.5) is 9.93 Å². The van der Waals surface area contributed by atoms with Gasteiger partial charge in [-0.1, -0.05) is 51.8 Å². The Morgan fingerprint density at radius 1 is 1.01 bits per heavy atom. The van der Waals surface area contributed by atoms with Gasteiger partial charge in [-0.15, -0.1) is 17.9 Å². The maximum Gasteiger partial charge on any atom is 0.315 e. The zero-order chi connectivity index (χ0) is 50.0. The fraction of sp³-hybridized carbons (Fsp3) is 0.592. The standard InChI is InChI=1S/C49H72N10O8S2/c1-10-22-50-44(60)36-18-16-14-12-11-13-15-17-19-37(54-47(63)56-43(49(6,7)8)29-57-23-24-59(32(4)5)69(57,64)65)46(62)58-28-34(26-41(58)45(61)53-36)67-42-27-39(40-30-68-48(55-40)51-31(2)3)52-38-25-33(66-9)20-21-35(38)42/h10,12,14,20-21,25,27,30-32,34,36-37,41,43H,1,11,13,15-19,22-24,26,28-29H2,2-9H3,(H,50,60)(H,51,55)(H,53,61)(H2,54,56,63)/b14-12-/t34-,36+,37+,41+,43?/m1/s1. The van der Waals surface area contributed by atoms with Crippen molar-refractivity contribution >= 4 is 61.3 Å². The Morgan fingerprint density at radius 3 is 2.48 bits per heavy atom. The number of anilines is 1. The molecule has 2 fully saturated rings. The van der Waals surface area contributed by atoms with Gasteiger partial charge in [-0.05, 0) is 77.3 Å². The molecule has 0 radical (unpaired) electrons. The summed E-state index contributed by atoms with van der Waals surface area (Å²) in [6.07, 6.45) is 9.22. The molecule has 2 aromatic heterocycles. The van der Waals surface area contributed by atoms with Crippen LogP contribution in [0.5, 0.6) is 11.5 Å². The van der Waals surface area contributed by atoms with Crippen molar-refractivity contribution in [2.24, 2.45) is 5.41 Å². The summed E-state index contributed by atoms with van der Waals surface area (Å²) in [4.78, 5) is 68.6. The molecule has 69 heavy (non-hydrogen) atoms. The Kier molecular flexibility index (Phi) is 18.1. The van der Waals surface area contributed by atoms with Gasteiger partial charge in [-0.3, -0.25) is 14.4 Å². The Balaban J connectivity index is 1.32. The number of urea groups is 1. The topological polar surface area (TPSA) is 217 Å². The Hall–Kier alpha value is -5.31. The minimum Gasteiger partial charge on any atom is -0.497 e. The Morgan fingerprint density at radius 2 is 1.78 bits per heavy atom. The zero-order valence-electron chi connectivity index (χ0n) is 41.4. The number of benzene rings is 1. The number of allylic oxidation sites excluding steroid dienone is 2. The molecule has 18 nitrogen and oxygen atoms in total. The summed E-state index contributed by atoms with van der Waals surface area (Å²) in [5.41, 5.74) is 1.22. The summed E-state index contributed by atoms with van der Waals surface area (Å²) in [6.45, 7) is 18.1. The monoisotopic (exact) mass is 992 g/mol. The number of hydrogen-bond donors (Lipinski definition) is 5. The molecule has 3 aliphatic heterocycles. The van der Waals surface area contributed by atoms with E-state index in [0.29, 0.717) is 59.6 Å². The lowest BCUT2D eigenvalue weighted by atomic mass is 9.86. The van der Waals surface area contributed by atoms with E-state index < -0.39 is 63.7 Å². The molecule has 3 aromatic rings. The molecule has 2 saturated heterocycles. The highest BCUT2D eigenvalue weighted by Gasteiger charge is 2.45. The van der Waals surface area contributed by atoms with Gasteiger partial charge in [-0.25, -0.2) is 14.8 Å². The Labute approximate surface area is 411 Å². The van der Waals surface area contributed by atoms with E-state index in [1.165, 1.54) is 24.8 Å². The number of amides is 5. The van der Waals surface area contributed by atoms with Gasteiger partial charge in [0.15, 0.2) is 5.13 Å². The second kappa shape index (κ2) is 23.5. The molecule has 0 aliphatic carbocycles. The molecule has 5 N–H and O–H groups in total. The van der Waals surface area contributed by atoms with Crippen molar-refractivity contribution in [1.29, 1.82) is 0 Å². The maximum atomic E-state index is 15.1. The van der Waals surface area contributed by atoms with Crippen molar-refractivity contribution in [3.05, 3.63) is 54.5 Å². The molecule has 0 spiro atoms. The molecule has 3 aliphatic rings. The van der Waals surface area contributed by atoms with Crippen LogP contribution in [0, 0.1) is 5.41 Å². The second-order valence-electron chi connectivity index (χ2n) is 19.6. The fourth-order valence-corrected chi connectivity index (χ4v) is 11.4. The van der Waals surface area contributed by atoms with Gasteiger partial charge in [0.1, 0.15) is 41.4 Å². The normalized spacial score (nSPS) is 23.0. The van der Waals surface area contributed by atoms with Crippen LogP contribution in [0.1, 0.15) is 99.8 Å². The van der Waals surface area contributed by atoms with Gasteiger partial charge in [0.2, 0.25) is 17.7 Å². The molecule has 0 saturated carbocycles. The zero-order valence-corrected chi connectivity index (χ0v) is 43.0. The summed E-state index contributed by atoms with van der Waals surface area (Å²) in [5.74, 6) is -0.311. The van der Waals surface area contributed by atoms with Crippen LogP contribution < -0.4 is 36.1 Å². The van der Waals surface area contributed by atoms with Crippen molar-refractivity contribution in [1.82, 2.24) is 44.7 Å². The van der Waals surface area contributed by atoms with Crippen LogP contribution in [0.2, 0.25) is 0 Å². The number of nitrogens with one attached hydrogen (secondary N) is 5. The van der Waals surface area contributed by atoms with Crippen LogP contribution in [0.25, 0.3) is 22.3 Å². The number of aromatic nitrogens is 2. The molecule has 5 heterocycles. The first-order valence-corrected chi connectivity index (χ1v) is 26.4. The predicted molar refractivity (Wildman–Crippen MR) is 270 cm³/mol. The van der Waals surface area contributed by atoms with E-state index in [2.05, 4.69) is 39.2 Å². The molecule has 1 unspecified atom stereocenters. The molecule has 1 aromatic carbocycles. The molecule has 6 rings (SSSR count). The summed E-state index contributed by atoms with van der Waals surface area (Å²) in [6, 6.07) is 2.96. The number of carbonyl (C=O) groups excluding carboxylic acids is 4. The second-order valence-corrected chi connectivity index (χ2v) is 22.4. The maximum absolute atomic E-state index is 15.1. The minimum atomic E-state index is -3.74. The third-order valence-corrected chi connectivity index (χ3v) is 15.6. The minimum absolute atomic E-state index is 0.00890. The molecule has 5 amide bonds. The molecule has 20 heteroatoms. The van der Waals surface area contributed by atoms with E-state index in [1.807, 2.05) is 84.2 Å². The highest BCUT2D eigenvalue weighted by atomic mass is 32.2. The number of fused-ring (bicyclic) bond motifs is 2. The van der Waals surface area contributed by atoms with Gasteiger partial charge in [0, 0.05) is 73.6 Å². The largest absolute Gasteiger partial charge is 0.497 e. The van der Waals surface area contributed by atoms with Crippen molar-refractivity contribution in [3.8, 4) is 22.9 Å². The van der Waals surface area contributed by atoms with Crippen molar-refractivity contribution in [2.45, 2.75) is 142 Å². The first-order chi connectivity index (χ1) is 32.8. The smallest absolute Gasteiger partial charge is 0.315 e. The third-order valence-electron chi connectivity index (χ3n) is 12.6. The summed E-state index contributed by atoms with van der Waals surface area (Å²) >= 11 is 1.46. The molecule has 0 bridgehead atoms. The number of methoxy groups -OCH3 is 1. The Bertz CT molecular complexity index is 2440. The van der Waals surface area contributed by atoms with Gasteiger partial charge >= 0.3 is 6.03 Å². The van der Waals surface area contributed by atoms with E-state index >= 15 is 4.79 Å². The number of rotatable bonds is 14. The van der Waals surface area contributed by atoms with Crippen LogP contribution in [-0.4, -0.2) is 138 Å². The lowest BCUT2D eigenvalue weighted by Crippen LogP contribution is -2.59. The van der Waals surface area contributed by atoms with E-state index in [9.17, 15) is 22.8 Å². The lowest BCUT2D eigenvalue weighted by molar-refractivity contribution is -0.141. The van der Waals surface area contributed by atoms with E-state index in [1.54, 1.807) is 13.2 Å². The number of ether oxygens (including phenoxy) is 2. The van der Waals surface area contributed by atoms with Gasteiger partial charge in [-0.2, -0.15) is 17.0 Å². The van der Waals surface area contributed by atoms with Gasteiger partial charge in [0.25, 0.3) is 10.2 Å². The number of carbonyl (C=O) groups is 4. The summed E-state index contributed by atoms with van der Waals surface area (Å²) in [5, 5.41) is 18.4. The van der Waals surface area contributed by atoms with E-state index in [0.717, 1.165) is 24.4 Å². The van der Waals surface area contributed by atoms with E-state index in [-0.39, 0.29) is 57.0 Å². The average molecular weight is 993 g/mol. The molecule has 378 valence electrons. The average Bonchev–Trinajstić information content (AvgIpc) is 4.01.